The van der Waals surface area contributed by atoms with Gasteiger partial charge in [0.15, 0.2) is 17.3 Å². The van der Waals surface area contributed by atoms with Crippen LogP contribution >= 0.6 is 0 Å². The van der Waals surface area contributed by atoms with Crippen molar-refractivity contribution >= 4 is 11.6 Å². The van der Waals surface area contributed by atoms with E-state index in [2.05, 4.69) is 0 Å². The number of rotatable bonds is 0. The maximum Gasteiger partial charge on any atom is 0.344 e. The Morgan fingerprint density at radius 1 is 0.964 bits per heavy atom. The van der Waals surface area contributed by atoms with Gasteiger partial charge in [0.2, 0.25) is 5.78 Å². The van der Waals surface area contributed by atoms with Crippen molar-refractivity contribution in [1.29, 1.82) is 0 Å². The van der Waals surface area contributed by atoms with Crippen LogP contribution in [0.25, 0.3) is 0 Å². The van der Waals surface area contributed by atoms with Crippen LogP contribution < -0.4 is 9.47 Å². The number of ketones is 2. The standard InChI is InChI=1S/C23H22O5/c1-12-11-17-20(26-12)15-5-2-3-6-16(15)22(25)23(17)27-19-10-9-13-14(21(19)28-23)7-4-8-18(13)24/h9-10,12H,2-8,11H2,1H3. The molecule has 3 aliphatic carbocycles. The number of ether oxygens (including phenoxy) is 3. The van der Waals surface area contributed by atoms with Crippen molar-refractivity contribution in [2.45, 2.75) is 70.2 Å². The van der Waals surface area contributed by atoms with E-state index in [1.54, 1.807) is 6.07 Å². The third-order valence-electron chi connectivity index (χ3n) is 6.65. The van der Waals surface area contributed by atoms with E-state index in [-0.39, 0.29) is 17.7 Å². The molecule has 2 aliphatic heterocycles. The zero-order valence-corrected chi connectivity index (χ0v) is 15.9. The van der Waals surface area contributed by atoms with Gasteiger partial charge < -0.3 is 14.2 Å². The maximum absolute atomic E-state index is 13.7. The molecule has 144 valence electrons. The molecule has 28 heavy (non-hydrogen) atoms. The molecule has 0 radical (unpaired) electrons. The van der Waals surface area contributed by atoms with Crippen LogP contribution in [0.15, 0.2) is 34.6 Å². The van der Waals surface area contributed by atoms with E-state index in [4.69, 9.17) is 14.2 Å². The van der Waals surface area contributed by atoms with Gasteiger partial charge in [-0.3, -0.25) is 9.59 Å². The summed E-state index contributed by atoms with van der Waals surface area (Å²) in [7, 11) is 0. The van der Waals surface area contributed by atoms with Crippen LogP contribution in [0.3, 0.4) is 0 Å². The van der Waals surface area contributed by atoms with Gasteiger partial charge in [-0.05, 0) is 57.6 Å². The van der Waals surface area contributed by atoms with E-state index in [0.29, 0.717) is 29.9 Å². The lowest BCUT2D eigenvalue weighted by Gasteiger charge is -2.35. The minimum absolute atomic E-state index is 0.00476. The van der Waals surface area contributed by atoms with Gasteiger partial charge >= 0.3 is 5.79 Å². The summed E-state index contributed by atoms with van der Waals surface area (Å²) < 4.78 is 18.9. The molecule has 1 aromatic rings. The van der Waals surface area contributed by atoms with Crippen LogP contribution in [-0.4, -0.2) is 23.5 Å². The third kappa shape index (κ3) is 1.97. The second-order valence-corrected chi connectivity index (χ2v) is 8.45. The molecule has 2 unspecified atom stereocenters. The first-order valence-corrected chi connectivity index (χ1v) is 10.3. The highest BCUT2D eigenvalue weighted by Gasteiger charge is 2.60. The molecular weight excluding hydrogens is 356 g/mol. The smallest absolute Gasteiger partial charge is 0.344 e. The van der Waals surface area contributed by atoms with Crippen molar-refractivity contribution in [3.05, 3.63) is 45.7 Å². The fourth-order valence-electron chi connectivity index (χ4n) is 5.38. The van der Waals surface area contributed by atoms with Gasteiger partial charge in [-0.1, -0.05) is 0 Å². The summed E-state index contributed by atoms with van der Waals surface area (Å²) in [6, 6.07) is 3.60. The molecule has 1 spiro atoms. The van der Waals surface area contributed by atoms with Gasteiger partial charge in [-0.15, -0.1) is 0 Å². The van der Waals surface area contributed by atoms with Crippen LogP contribution in [0.1, 0.15) is 67.8 Å². The molecule has 0 amide bonds. The number of Topliss-reactive ketones (excluding diaryl/α,β-unsaturated/α-hetero) is 2. The van der Waals surface area contributed by atoms with Crippen LogP contribution in [0.2, 0.25) is 0 Å². The van der Waals surface area contributed by atoms with E-state index in [0.717, 1.165) is 66.6 Å². The van der Waals surface area contributed by atoms with E-state index >= 15 is 0 Å². The minimum Gasteiger partial charge on any atom is -0.490 e. The number of carbonyl (C=O) groups excluding carboxylic acids is 2. The Morgan fingerprint density at radius 2 is 1.79 bits per heavy atom. The minimum atomic E-state index is -1.45. The largest absolute Gasteiger partial charge is 0.490 e. The number of carbonyl (C=O) groups is 2. The van der Waals surface area contributed by atoms with E-state index < -0.39 is 5.79 Å². The predicted octanol–water partition coefficient (Wildman–Crippen LogP) is 4.19. The average Bonchev–Trinajstić information content (AvgIpc) is 3.29. The first-order valence-electron chi connectivity index (χ1n) is 10.3. The molecular formula is C23H22O5. The normalized spacial score (nSPS) is 30.4. The molecule has 0 saturated carbocycles. The van der Waals surface area contributed by atoms with Gasteiger partial charge in [0.25, 0.3) is 0 Å². The highest BCUT2D eigenvalue weighted by molar-refractivity contribution is 6.07. The summed E-state index contributed by atoms with van der Waals surface area (Å²) >= 11 is 0. The number of hydrogen-bond donors (Lipinski definition) is 0. The molecule has 0 N–H and O–H groups in total. The number of allylic oxidation sites excluding steroid dienone is 1. The Balaban J connectivity index is 1.51. The number of benzene rings is 1. The fraction of sp³-hybridized carbons (Fsp3) is 0.478. The summed E-state index contributed by atoms with van der Waals surface area (Å²) in [5.74, 6) is 0.566. The molecule has 2 atom stereocenters. The van der Waals surface area contributed by atoms with Crippen LogP contribution in [0, 0.1) is 0 Å². The van der Waals surface area contributed by atoms with Gasteiger partial charge in [0.1, 0.15) is 11.9 Å². The maximum atomic E-state index is 13.7. The van der Waals surface area contributed by atoms with Crippen LogP contribution in [-0.2, 0) is 16.0 Å². The zero-order chi connectivity index (χ0) is 19.0. The fourth-order valence-corrected chi connectivity index (χ4v) is 5.38. The van der Waals surface area contributed by atoms with Crippen molar-refractivity contribution < 1.29 is 23.8 Å². The first-order chi connectivity index (χ1) is 13.6. The monoisotopic (exact) mass is 378 g/mol. The van der Waals surface area contributed by atoms with E-state index in [1.807, 2.05) is 13.0 Å². The van der Waals surface area contributed by atoms with Gasteiger partial charge in [-0.2, -0.15) is 0 Å². The number of fused-ring (bicyclic) bond motifs is 5. The van der Waals surface area contributed by atoms with Crippen LogP contribution in [0.4, 0.5) is 0 Å². The van der Waals surface area contributed by atoms with Crippen molar-refractivity contribution in [2.75, 3.05) is 0 Å². The number of hydrogen-bond acceptors (Lipinski definition) is 5. The molecule has 0 saturated heterocycles. The SMILES string of the molecule is CC1CC2=C(O1)C1=C(CCCC1)C(=O)C21Oc2ccc3c(c2O1)CCCC3=O. The molecule has 6 rings (SSSR count). The molecule has 0 bridgehead atoms. The predicted molar refractivity (Wildman–Crippen MR) is 100 cm³/mol. The van der Waals surface area contributed by atoms with Crippen molar-refractivity contribution in [1.82, 2.24) is 0 Å². The summed E-state index contributed by atoms with van der Waals surface area (Å²) in [5.41, 5.74) is 4.27. The molecule has 5 nitrogen and oxygen atoms in total. The molecule has 0 fully saturated rings. The topological polar surface area (TPSA) is 61.8 Å². The molecule has 5 heteroatoms. The average molecular weight is 378 g/mol. The third-order valence-corrected chi connectivity index (χ3v) is 6.65. The van der Waals surface area contributed by atoms with Gasteiger partial charge in [-0.25, -0.2) is 0 Å². The molecule has 0 aromatic heterocycles. The van der Waals surface area contributed by atoms with Gasteiger partial charge in [0.05, 0.1) is 5.57 Å². The highest BCUT2D eigenvalue weighted by atomic mass is 16.7. The summed E-state index contributed by atoms with van der Waals surface area (Å²) in [6.45, 7) is 2.02. The molecule has 5 aliphatic rings. The Hall–Kier alpha value is -2.56. The van der Waals surface area contributed by atoms with Gasteiger partial charge in [0, 0.05) is 35.1 Å². The quantitative estimate of drug-likeness (QED) is 0.677. The Kier molecular flexibility index (Phi) is 3.22. The first kappa shape index (κ1) is 16.4. The van der Waals surface area contributed by atoms with Crippen molar-refractivity contribution in [3.63, 3.8) is 0 Å². The lowest BCUT2D eigenvalue weighted by Crippen LogP contribution is -2.52. The lowest BCUT2D eigenvalue weighted by molar-refractivity contribution is -0.144. The molecule has 1 aromatic carbocycles. The zero-order valence-electron chi connectivity index (χ0n) is 15.9. The summed E-state index contributed by atoms with van der Waals surface area (Å²) in [5, 5.41) is 0. The second-order valence-electron chi connectivity index (χ2n) is 8.45. The summed E-state index contributed by atoms with van der Waals surface area (Å²) in [4.78, 5) is 26.0. The molecule has 2 heterocycles. The van der Waals surface area contributed by atoms with Crippen LogP contribution in [0.5, 0.6) is 11.5 Å². The van der Waals surface area contributed by atoms with Crippen molar-refractivity contribution in [3.8, 4) is 11.5 Å². The Bertz CT molecular complexity index is 1010. The highest BCUT2D eigenvalue weighted by Crippen LogP contribution is 2.55. The summed E-state index contributed by atoms with van der Waals surface area (Å²) in [6.07, 6.45) is 6.43. The van der Waals surface area contributed by atoms with E-state index in [9.17, 15) is 9.59 Å². The van der Waals surface area contributed by atoms with E-state index in [1.165, 1.54) is 0 Å². The lowest BCUT2D eigenvalue weighted by atomic mass is 9.77. The van der Waals surface area contributed by atoms with Crippen molar-refractivity contribution in [2.24, 2.45) is 0 Å². The Labute approximate surface area is 163 Å². The second kappa shape index (κ2) is 5.49. The Morgan fingerprint density at radius 3 is 2.64 bits per heavy atom.